The Morgan fingerprint density at radius 3 is 2.41 bits per heavy atom. The van der Waals surface area contributed by atoms with E-state index in [0.717, 1.165) is 5.56 Å². The lowest BCUT2D eigenvalue weighted by Crippen LogP contribution is -2.25. The maximum absolute atomic E-state index is 11.8. The highest BCUT2D eigenvalue weighted by molar-refractivity contribution is 6.33. The first-order valence-electron chi connectivity index (χ1n) is 6.99. The molecule has 5 heteroatoms. The van der Waals surface area contributed by atoms with Gasteiger partial charge in [0.2, 0.25) is 5.78 Å². The quantitative estimate of drug-likeness (QED) is 0.397. The van der Waals surface area contributed by atoms with Crippen molar-refractivity contribution >= 4 is 17.5 Å². The van der Waals surface area contributed by atoms with Crippen LogP contribution in [0.3, 0.4) is 0 Å². The number of hydrogen-bond acceptors (Lipinski definition) is 5. The summed E-state index contributed by atoms with van der Waals surface area (Å²) in [6, 6.07) is 9.08. The van der Waals surface area contributed by atoms with E-state index in [-0.39, 0.29) is 25.2 Å². The molecule has 5 nitrogen and oxygen atoms in total. The van der Waals surface area contributed by atoms with Gasteiger partial charge in [0, 0.05) is 20.0 Å². The molecule has 118 valence electrons. The molecule has 1 aromatic carbocycles. The minimum absolute atomic E-state index is 0.0422. The number of carbonyl (C=O) groups excluding carboxylic acids is 3. The second-order valence-electron chi connectivity index (χ2n) is 4.72. The normalized spacial score (nSPS) is 12.1. The molecule has 0 aliphatic carbocycles. The molecule has 0 N–H and O–H groups in total. The Morgan fingerprint density at radius 1 is 1.14 bits per heavy atom. The minimum atomic E-state index is -0.913. The van der Waals surface area contributed by atoms with Gasteiger partial charge in [0.1, 0.15) is 6.61 Å². The molecule has 0 spiro atoms. The van der Waals surface area contributed by atoms with Gasteiger partial charge in [0.15, 0.2) is 5.78 Å². The minimum Gasteiger partial charge on any atom is -0.455 e. The van der Waals surface area contributed by atoms with Crippen molar-refractivity contribution in [2.75, 3.05) is 7.11 Å². The maximum Gasteiger partial charge on any atom is 0.375 e. The number of ketones is 2. The van der Waals surface area contributed by atoms with E-state index < -0.39 is 17.9 Å². The average molecular weight is 304 g/mol. The molecular weight excluding hydrogens is 284 g/mol. The van der Waals surface area contributed by atoms with Crippen molar-refractivity contribution in [2.24, 2.45) is 0 Å². The Bertz CT molecular complexity index is 533. The Kier molecular flexibility index (Phi) is 7.78. The molecule has 0 radical (unpaired) electrons. The zero-order valence-corrected chi connectivity index (χ0v) is 12.8. The summed E-state index contributed by atoms with van der Waals surface area (Å²) in [5, 5.41) is 0. The van der Waals surface area contributed by atoms with E-state index in [1.807, 2.05) is 18.2 Å². The molecule has 0 fully saturated rings. The van der Waals surface area contributed by atoms with Crippen molar-refractivity contribution in [2.45, 2.75) is 32.5 Å². The van der Waals surface area contributed by atoms with Crippen molar-refractivity contribution in [3.63, 3.8) is 0 Å². The lowest BCUT2D eigenvalue weighted by Gasteiger charge is -2.12. The monoisotopic (exact) mass is 304 g/mol. The number of methoxy groups -OCH3 is 1. The Labute approximate surface area is 129 Å². The van der Waals surface area contributed by atoms with Gasteiger partial charge in [-0.25, -0.2) is 4.79 Å². The molecule has 0 aliphatic heterocycles. The molecule has 0 saturated carbocycles. The standard InChI is InChI=1S/C17H20O5/c1-3-7-14(18)10-15(21-2)11-16(19)17(20)22-12-13-8-5-4-6-9-13/h3-9,15H,10-12H2,1-2H3/b7-3+/t15-/m1/s1. The van der Waals surface area contributed by atoms with Crippen molar-refractivity contribution in [3.05, 3.63) is 48.0 Å². The third-order valence-corrected chi connectivity index (χ3v) is 2.97. The number of rotatable bonds is 9. The molecular formula is C17H20O5. The first-order chi connectivity index (χ1) is 10.6. The molecule has 22 heavy (non-hydrogen) atoms. The molecule has 1 aromatic rings. The summed E-state index contributed by atoms with van der Waals surface area (Å²) in [7, 11) is 1.40. The Hall–Kier alpha value is -2.27. The highest BCUT2D eigenvalue weighted by Crippen LogP contribution is 2.07. The summed E-state index contributed by atoms with van der Waals surface area (Å²) in [6.45, 7) is 1.77. The Morgan fingerprint density at radius 2 is 1.82 bits per heavy atom. The van der Waals surface area contributed by atoms with Gasteiger partial charge >= 0.3 is 5.97 Å². The molecule has 0 unspecified atom stereocenters. The molecule has 0 aromatic heterocycles. The highest BCUT2D eigenvalue weighted by atomic mass is 16.5. The summed E-state index contributed by atoms with van der Waals surface area (Å²) < 4.78 is 10.0. The van der Waals surface area contributed by atoms with E-state index in [1.165, 1.54) is 13.2 Å². The van der Waals surface area contributed by atoms with Crippen LogP contribution in [0, 0.1) is 0 Å². The van der Waals surface area contributed by atoms with Gasteiger partial charge in [0.25, 0.3) is 0 Å². The second-order valence-corrected chi connectivity index (χ2v) is 4.72. The fourth-order valence-corrected chi connectivity index (χ4v) is 1.81. The SMILES string of the molecule is C/C=C/C(=O)C[C@H](CC(=O)C(=O)OCc1ccccc1)OC. The number of ether oxygens (including phenoxy) is 2. The van der Waals surface area contributed by atoms with Gasteiger partial charge in [-0.2, -0.15) is 0 Å². The van der Waals surface area contributed by atoms with E-state index in [2.05, 4.69) is 0 Å². The van der Waals surface area contributed by atoms with Crippen LogP contribution in [-0.4, -0.2) is 30.7 Å². The molecule has 0 heterocycles. The van der Waals surface area contributed by atoms with Crippen LogP contribution >= 0.6 is 0 Å². The van der Waals surface area contributed by atoms with Crippen molar-refractivity contribution in [1.82, 2.24) is 0 Å². The number of Topliss-reactive ketones (excluding diaryl/α,β-unsaturated/α-hetero) is 1. The smallest absolute Gasteiger partial charge is 0.375 e. The number of hydrogen-bond donors (Lipinski definition) is 0. The van der Waals surface area contributed by atoms with Crippen LogP contribution in [0.4, 0.5) is 0 Å². The molecule has 1 atom stereocenters. The second kappa shape index (κ2) is 9.63. The van der Waals surface area contributed by atoms with Gasteiger partial charge in [-0.15, -0.1) is 0 Å². The van der Waals surface area contributed by atoms with Crippen molar-refractivity contribution in [1.29, 1.82) is 0 Å². The van der Waals surface area contributed by atoms with E-state index in [0.29, 0.717) is 0 Å². The summed E-state index contributed by atoms with van der Waals surface area (Å²) in [5.41, 5.74) is 0.801. The first kappa shape index (κ1) is 17.8. The number of carbonyl (C=O) groups is 3. The van der Waals surface area contributed by atoms with Crippen LogP contribution in [0.2, 0.25) is 0 Å². The van der Waals surface area contributed by atoms with E-state index in [1.54, 1.807) is 25.1 Å². The Balaban J connectivity index is 2.45. The summed E-state index contributed by atoms with van der Waals surface area (Å²) in [4.78, 5) is 34.9. The number of allylic oxidation sites excluding steroid dienone is 2. The van der Waals surface area contributed by atoms with Gasteiger partial charge in [-0.05, 0) is 18.6 Å². The molecule has 0 bridgehead atoms. The summed E-state index contributed by atoms with van der Waals surface area (Å²) in [5.74, 6) is -1.76. The van der Waals surface area contributed by atoms with Crippen LogP contribution in [0.25, 0.3) is 0 Å². The lowest BCUT2D eigenvalue weighted by molar-refractivity contribution is -0.156. The van der Waals surface area contributed by atoms with Gasteiger partial charge in [-0.1, -0.05) is 36.4 Å². The van der Waals surface area contributed by atoms with Gasteiger partial charge < -0.3 is 9.47 Å². The van der Waals surface area contributed by atoms with Crippen LogP contribution in [0.15, 0.2) is 42.5 Å². The fraction of sp³-hybridized carbons (Fsp3) is 0.353. The zero-order chi connectivity index (χ0) is 16.4. The molecule has 1 rings (SSSR count). The van der Waals surface area contributed by atoms with Gasteiger partial charge in [0.05, 0.1) is 6.10 Å². The molecule has 0 saturated heterocycles. The van der Waals surface area contributed by atoms with E-state index >= 15 is 0 Å². The number of esters is 1. The van der Waals surface area contributed by atoms with Crippen molar-refractivity contribution < 1.29 is 23.9 Å². The van der Waals surface area contributed by atoms with Crippen LogP contribution < -0.4 is 0 Å². The maximum atomic E-state index is 11.8. The summed E-state index contributed by atoms with van der Waals surface area (Å²) in [6.07, 6.45) is 2.28. The average Bonchev–Trinajstić information content (AvgIpc) is 2.53. The fourth-order valence-electron chi connectivity index (χ4n) is 1.81. The van der Waals surface area contributed by atoms with Gasteiger partial charge in [-0.3, -0.25) is 9.59 Å². The lowest BCUT2D eigenvalue weighted by atomic mass is 10.1. The highest BCUT2D eigenvalue weighted by Gasteiger charge is 2.22. The topological polar surface area (TPSA) is 69.7 Å². The van der Waals surface area contributed by atoms with Crippen LogP contribution in [-0.2, 0) is 30.5 Å². The predicted molar refractivity (Wildman–Crippen MR) is 81.1 cm³/mol. The third-order valence-electron chi connectivity index (χ3n) is 2.97. The van der Waals surface area contributed by atoms with E-state index in [4.69, 9.17) is 9.47 Å². The molecule has 0 amide bonds. The van der Waals surface area contributed by atoms with Crippen LogP contribution in [0.1, 0.15) is 25.3 Å². The number of benzene rings is 1. The molecule has 0 aliphatic rings. The van der Waals surface area contributed by atoms with Crippen LogP contribution in [0.5, 0.6) is 0 Å². The van der Waals surface area contributed by atoms with E-state index in [9.17, 15) is 14.4 Å². The van der Waals surface area contributed by atoms with Crippen molar-refractivity contribution in [3.8, 4) is 0 Å². The first-order valence-corrected chi connectivity index (χ1v) is 6.99. The zero-order valence-electron chi connectivity index (χ0n) is 12.8. The predicted octanol–water partition coefficient (Wildman–Crippen LogP) is 2.24. The summed E-state index contributed by atoms with van der Waals surface area (Å²) >= 11 is 0. The third kappa shape index (κ3) is 6.45. The largest absolute Gasteiger partial charge is 0.455 e.